The zero-order valence-corrected chi connectivity index (χ0v) is 16.5. The molecule has 0 aliphatic carbocycles. The van der Waals surface area contributed by atoms with E-state index in [0.717, 1.165) is 40.2 Å². The van der Waals surface area contributed by atoms with Crippen LogP contribution >= 0.6 is 0 Å². The van der Waals surface area contributed by atoms with Crippen molar-refractivity contribution in [3.63, 3.8) is 0 Å². The van der Waals surface area contributed by atoms with E-state index in [2.05, 4.69) is 28.3 Å². The molecule has 1 N–H and O–H groups in total. The Balaban J connectivity index is 1.37. The van der Waals surface area contributed by atoms with E-state index in [1.807, 2.05) is 54.5 Å². The van der Waals surface area contributed by atoms with Crippen LogP contribution in [0.5, 0.6) is 5.75 Å². The molecule has 0 radical (unpaired) electrons. The number of likely N-dealkylation sites (N-methyl/N-ethyl adjacent to an activating group) is 1. The highest BCUT2D eigenvalue weighted by Gasteiger charge is 2.25. The topological polar surface area (TPSA) is 71.2 Å². The van der Waals surface area contributed by atoms with Crippen LogP contribution < -0.4 is 10.1 Å². The van der Waals surface area contributed by atoms with Crippen molar-refractivity contribution in [2.75, 3.05) is 18.9 Å². The number of rotatable bonds is 3. The van der Waals surface area contributed by atoms with Crippen LogP contribution in [0, 0.1) is 6.92 Å². The number of aromatic nitrogens is 2. The fourth-order valence-corrected chi connectivity index (χ4v) is 3.99. The fourth-order valence-electron chi connectivity index (χ4n) is 3.99. The average molecular weight is 389 g/mol. The van der Waals surface area contributed by atoms with Crippen LogP contribution in [0.2, 0.25) is 0 Å². The lowest BCUT2D eigenvalue weighted by molar-refractivity contribution is -0.134. The predicted molar refractivity (Wildman–Crippen MR) is 112 cm³/mol. The van der Waals surface area contributed by atoms with Gasteiger partial charge < -0.3 is 19.4 Å². The van der Waals surface area contributed by atoms with Crippen LogP contribution in [-0.4, -0.2) is 46.1 Å². The molecular formula is C22H23N5O2. The number of ether oxygens (including phenoxy) is 1. The lowest BCUT2D eigenvalue weighted by atomic mass is 10.0. The summed E-state index contributed by atoms with van der Waals surface area (Å²) in [4.78, 5) is 22.6. The zero-order chi connectivity index (χ0) is 20.0. The second-order valence-electron chi connectivity index (χ2n) is 7.74. The molecule has 2 aromatic heterocycles. The summed E-state index contributed by atoms with van der Waals surface area (Å²) in [5.41, 5.74) is 5.12. The van der Waals surface area contributed by atoms with Crippen LogP contribution in [0.15, 0.2) is 47.8 Å². The molecule has 7 heteroatoms. The lowest BCUT2D eigenvalue weighted by Crippen LogP contribution is -2.42. The number of carbonyl (C=O) groups is 1. The maximum absolute atomic E-state index is 11.7. The minimum Gasteiger partial charge on any atom is -0.489 e. The summed E-state index contributed by atoms with van der Waals surface area (Å²) in [6.07, 6.45) is 6.77. The molecule has 5 rings (SSSR count). The quantitative estimate of drug-likeness (QED) is 0.747. The SMILES string of the molecule is Cc1cc(OC2CCC(=O)N(C)C2)cc2c1NC(c1cc3cccn3cn1)N=C2. The zero-order valence-electron chi connectivity index (χ0n) is 16.5. The molecule has 1 fully saturated rings. The third kappa shape index (κ3) is 3.33. The summed E-state index contributed by atoms with van der Waals surface area (Å²) in [5, 5.41) is 3.50. The Morgan fingerprint density at radius 1 is 1.28 bits per heavy atom. The fraction of sp³-hybridized carbons (Fsp3) is 0.318. The maximum Gasteiger partial charge on any atom is 0.222 e. The molecule has 1 amide bonds. The number of carbonyl (C=O) groups excluding carboxylic acids is 1. The summed E-state index contributed by atoms with van der Waals surface area (Å²) in [6, 6.07) is 10.2. The average Bonchev–Trinajstić information content (AvgIpc) is 3.18. The number of hydrogen-bond acceptors (Lipinski definition) is 5. The largest absolute Gasteiger partial charge is 0.489 e. The molecule has 2 aliphatic heterocycles. The van der Waals surface area contributed by atoms with E-state index in [9.17, 15) is 4.79 Å². The molecule has 0 spiro atoms. The monoisotopic (exact) mass is 389 g/mol. The number of piperidine rings is 1. The third-order valence-electron chi connectivity index (χ3n) is 5.59. The summed E-state index contributed by atoms with van der Waals surface area (Å²) < 4.78 is 8.15. The molecule has 3 aromatic rings. The van der Waals surface area contributed by atoms with Crippen molar-refractivity contribution in [2.24, 2.45) is 4.99 Å². The van der Waals surface area contributed by atoms with Gasteiger partial charge in [0.05, 0.1) is 18.6 Å². The Morgan fingerprint density at radius 3 is 3.03 bits per heavy atom. The van der Waals surface area contributed by atoms with Gasteiger partial charge in [0.25, 0.3) is 0 Å². The smallest absolute Gasteiger partial charge is 0.222 e. The predicted octanol–water partition coefficient (Wildman–Crippen LogP) is 3.19. The Hall–Kier alpha value is -3.35. The molecule has 1 aromatic carbocycles. The number of amides is 1. The third-order valence-corrected chi connectivity index (χ3v) is 5.59. The summed E-state index contributed by atoms with van der Waals surface area (Å²) >= 11 is 0. The molecule has 0 saturated carbocycles. The second-order valence-corrected chi connectivity index (χ2v) is 7.74. The molecule has 2 atom stereocenters. The van der Waals surface area contributed by atoms with Gasteiger partial charge in [0.2, 0.25) is 5.91 Å². The van der Waals surface area contributed by atoms with Gasteiger partial charge >= 0.3 is 0 Å². The van der Waals surface area contributed by atoms with Gasteiger partial charge in [-0.15, -0.1) is 0 Å². The molecule has 148 valence electrons. The number of hydrogen-bond donors (Lipinski definition) is 1. The number of aliphatic imine (C=N–C) groups is 1. The van der Waals surface area contributed by atoms with E-state index in [1.54, 1.807) is 4.90 Å². The van der Waals surface area contributed by atoms with Gasteiger partial charge in [-0.25, -0.2) is 4.98 Å². The van der Waals surface area contributed by atoms with Crippen LogP contribution in [0.4, 0.5) is 5.69 Å². The van der Waals surface area contributed by atoms with Crippen molar-refractivity contribution in [1.29, 1.82) is 0 Å². The Bertz CT molecular complexity index is 1120. The molecule has 2 aliphatic rings. The van der Waals surface area contributed by atoms with Crippen LogP contribution in [-0.2, 0) is 4.79 Å². The molecule has 29 heavy (non-hydrogen) atoms. The first kappa shape index (κ1) is 17.7. The lowest BCUT2D eigenvalue weighted by Gasteiger charge is -2.30. The molecule has 4 heterocycles. The molecular weight excluding hydrogens is 366 g/mol. The van der Waals surface area contributed by atoms with Gasteiger partial charge in [0, 0.05) is 42.6 Å². The summed E-state index contributed by atoms with van der Waals surface area (Å²) in [5.74, 6) is 0.995. The van der Waals surface area contributed by atoms with E-state index < -0.39 is 0 Å². The minimum absolute atomic E-state index is 0.0226. The second kappa shape index (κ2) is 6.92. The minimum atomic E-state index is -0.217. The number of benzene rings is 1. The highest BCUT2D eigenvalue weighted by molar-refractivity contribution is 5.91. The van der Waals surface area contributed by atoms with Gasteiger partial charge in [0.1, 0.15) is 11.9 Å². The van der Waals surface area contributed by atoms with Gasteiger partial charge in [-0.3, -0.25) is 9.79 Å². The van der Waals surface area contributed by atoms with Crippen LogP contribution in [0.1, 0.15) is 35.8 Å². The van der Waals surface area contributed by atoms with Crippen molar-refractivity contribution in [3.8, 4) is 5.75 Å². The highest BCUT2D eigenvalue weighted by Crippen LogP contribution is 2.33. The normalized spacial score (nSPS) is 21.2. The number of aryl methyl sites for hydroxylation is 1. The van der Waals surface area contributed by atoms with Gasteiger partial charge in [-0.2, -0.15) is 0 Å². The molecule has 1 saturated heterocycles. The van der Waals surface area contributed by atoms with E-state index >= 15 is 0 Å². The van der Waals surface area contributed by atoms with E-state index in [-0.39, 0.29) is 18.2 Å². The number of nitrogens with zero attached hydrogens (tertiary/aromatic N) is 4. The molecule has 2 unspecified atom stereocenters. The summed E-state index contributed by atoms with van der Waals surface area (Å²) in [6.45, 7) is 2.69. The molecule has 7 nitrogen and oxygen atoms in total. The number of nitrogens with one attached hydrogen (secondary N) is 1. The summed E-state index contributed by atoms with van der Waals surface area (Å²) in [7, 11) is 1.83. The van der Waals surface area contributed by atoms with Crippen LogP contribution in [0.25, 0.3) is 5.52 Å². The first-order valence-corrected chi connectivity index (χ1v) is 9.84. The van der Waals surface area contributed by atoms with E-state index in [0.29, 0.717) is 13.0 Å². The first-order valence-electron chi connectivity index (χ1n) is 9.84. The number of likely N-dealkylation sites (tertiary alicyclic amines) is 1. The number of fused-ring (bicyclic) bond motifs is 2. The van der Waals surface area contributed by atoms with Crippen LogP contribution in [0.3, 0.4) is 0 Å². The van der Waals surface area contributed by atoms with E-state index in [1.165, 1.54) is 0 Å². The Kier molecular flexibility index (Phi) is 4.23. The van der Waals surface area contributed by atoms with E-state index in [4.69, 9.17) is 4.74 Å². The Labute approximate surface area is 169 Å². The maximum atomic E-state index is 11.7. The van der Waals surface area contributed by atoms with Gasteiger partial charge in [-0.05, 0) is 49.2 Å². The van der Waals surface area contributed by atoms with Crippen molar-refractivity contribution in [1.82, 2.24) is 14.3 Å². The molecule has 0 bridgehead atoms. The van der Waals surface area contributed by atoms with Gasteiger partial charge in [-0.1, -0.05) is 0 Å². The number of anilines is 1. The standard InChI is InChI=1S/C22H23N5O2/c1-14-8-18(29-17-5-6-20(28)26(2)12-17)9-15-11-23-22(25-21(14)15)19-10-16-4-3-7-27(16)13-24-19/h3-4,7-11,13,17,22,25H,5-6,12H2,1-2H3. The van der Waals surface area contributed by atoms with Crippen molar-refractivity contribution in [2.45, 2.75) is 32.0 Å². The highest BCUT2D eigenvalue weighted by atomic mass is 16.5. The Morgan fingerprint density at radius 2 is 2.17 bits per heavy atom. The van der Waals surface area contributed by atoms with Crippen molar-refractivity contribution < 1.29 is 9.53 Å². The van der Waals surface area contributed by atoms with Gasteiger partial charge in [0.15, 0.2) is 6.17 Å². The van der Waals surface area contributed by atoms with Crippen molar-refractivity contribution >= 4 is 23.3 Å². The van der Waals surface area contributed by atoms with Crippen molar-refractivity contribution in [3.05, 3.63) is 59.7 Å². The first-order chi connectivity index (χ1) is 14.1.